The van der Waals surface area contributed by atoms with E-state index in [1.165, 1.54) is 0 Å². The maximum absolute atomic E-state index is 10.6. The van der Waals surface area contributed by atoms with E-state index >= 15 is 0 Å². The van der Waals surface area contributed by atoms with E-state index in [1.54, 1.807) is 23.9 Å². The van der Waals surface area contributed by atoms with Crippen LogP contribution in [0.1, 0.15) is 26.7 Å². The second-order valence-electron chi connectivity index (χ2n) is 4.38. The lowest BCUT2D eigenvalue weighted by molar-refractivity contribution is -0.384. The molecule has 0 aromatic heterocycles. The monoisotopic (exact) mass is 331 g/mol. The van der Waals surface area contributed by atoms with Gasteiger partial charge in [-0.15, -0.1) is 11.8 Å². The fourth-order valence-corrected chi connectivity index (χ4v) is 4.15. The van der Waals surface area contributed by atoms with Gasteiger partial charge in [-0.3, -0.25) is 10.1 Å². The Hall–Kier alpha value is -0.550. The zero-order chi connectivity index (χ0) is 13.6. The zero-order valence-corrected chi connectivity index (χ0v) is 13.1. The molecule has 1 aromatic rings. The van der Waals surface area contributed by atoms with Gasteiger partial charge in [-0.1, -0.05) is 29.8 Å². The van der Waals surface area contributed by atoms with Crippen molar-refractivity contribution in [3.05, 3.63) is 34.4 Å². The van der Waals surface area contributed by atoms with Gasteiger partial charge in [-0.2, -0.15) is 0 Å². The molecule has 5 heteroatoms. The zero-order valence-electron chi connectivity index (χ0n) is 10.7. The van der Waals surface area contributed by atoms with Crippen molar-refractivity contribution >= 4 is 33.4 Å². The van der Waals surface area contributed by atoms with Crippen molar-refractivity contribution in [1.29, 1.82) is 0 Å². The van der Waals surface area contributed by atoms with Crippen LogP contribution in [0.4, 0.5) is 5.69 Å². The number of thioether (sulfide) groups is 1. The van der Waals surface area contributed by atoms with Crippen LogP contribution in [0.15, 0.2) is 29.2 Å². The quantitative estimate of drug-likeness (QED) is 0.309. The van der Waals surface area contributed by atoms with Crippen molar-refractivity contribution in [3.63, 3.8) is 0 Å². The lowest BCUT2D eigenvalue weighted by atomic mass is 9.87. The predicted molar refractivity (Wildman–Crippen MR) is 80.6 cm³/mol. The summed E-state index contributed by atoms with van der Waals surface area (Å²) in [4.78, 5) is 11.3. The molecule has 0 radical (unpaired) electrons. The van der Waals surface area contributed by atoms with Gasteiger partial charge in [-0.05, 0) is 30.4 Å². The Bertz CT molecular complexity index is 382. The summed E-state index contributed by atoms with van der Waals surface area (Å²) in [7, 11) is 0. The molecule has 0 aliphatic carbocycles. The molecule has 0 atom stereocenters. The summed E-state index contributed by atoms with van der Waals surface area (Å²) in [5, 5.41) is 11.6. The van der Waals surface area contributed by atoms with E-state index in [9.17, 15) is 10.1 Å². The minimum Gasteiger partial charge on any atom is -0.258 e. The summed E-state index contributed by atoms with van der Waals surface area (Å²) in [6, 6.07) is 6.78. The Labute approximate surface area is 121 Å². The van der Waals surface area contributed by atoms with Crippen LogP contribution in [0, 0.1) is 15.5 Å². The lowest BCUT2D eigenvalue weighted by Gasteiger charge is -2.28. The Morgan fingerprint density at radius 3 is 2.22 bits per heavy atom. The second-order valence-corrected chi connectivity index (χ2v) is 5.99. The molecule has 3 nitrogen and oxygen atoms in total. The average molecular weight is 332 g/mol. The van der Waals surface area contributed by atoms with Crippen LogP contribution in [-0.2, 0) is 0 Å². The molecule has 0 bridgehead atoms. The highest BCUT2D eigenvalue weighted by Crippen LogP contribution is 2.35. The molecule has 0 heterocycles. The molecule has 0 aliphatic heterocycles. The van der Waals surface area contributed by atoms with E-state index in [-0.39, 0.29) is 10.6 Å². The van der Waals surface area contributed by atoms with Gasteiger partial charge < -0.3 is 0 Å². The number of hydrogen-bond donors (Lipinski definition) is 0. The van der Waals surface area contributed by atoms with Gasteiger partial charge in [0.15, 0.2) is 0 Å². The largest absolute Gasteiger partial charge is 0.269 e. The smallest absolute Gasteiger partial charge is 0.258 e. The lowest BCUT2D eigenvalue weighted by Crippen LogP contribution is -2.23. The van der Waals surface area contributed by atoms with Gasteiger partial charge in [0, 0.05) is 28.1 Å². The van der Waals surface area contributed by atoms with E-state index in [1.807, 2.05) is 12.1 Å². The molecule has 0 saturated carbocycles. The molecular formula is C13H18BrNO2S. The summed E-state index contributed by atoms with van der Waals surface area (Å²) in [6.07, 6.45) is 2.27. The standard InChI is InChI=1S/C13H18BrNO2S/c1-3-13(4-2,9-14)10-18-12-7-5-11(6-8-12)15(16)17/h5-8H,3-4,9-10H2,1-2H3. The van der Waals surface area contributed by atoms with Gasteiger partial charge in [0.05, 0.1) is 4.92 Å². The first-order chi connectivity index (χ1) is 8.56. The van der Waals surface area contributed by atoms with E-state index in [0.29, 0.717) is 5.41 Å². The molecule has 0 fully saturated rings. The Morgan fingerprint density at radius 1 is 1.28 bits per heavy atom. The molecule has 18 heavy (non-hydrogen) atoms. The van der Waals surface area contributed by atoms with Gasteiger partial charge in [0.1, 0.15) is 0 Å². The first-order valence-corrected chi connectivity index (χ1v) is 8.11. The summed E-state index contributed by atoms with van der Waals surface area (Å²) < 4.78 is 0. The highest BCUT2D eigenvalue weighted by Gasteiger charge is 2.24. The number of hydrogen-bond acceptors (Lipinski definition) is 3. The van der Waals surface area contributed by atoms with Gasteiger partial charge in [0.2, 0.25) is 0 Å². The molecule has 1 aromatic carbocycles. The van der Waals surface area contributed by atoms with Gasteiger partial charge in [-0.25, -0.2) is 0 Å². The third kappa shape index (κ3) is 3.99. The van der Waals surface area contributed by atoms with Crippen molar-refractivity contribution in [2.45, 2.75) is 31.6 Å². The Kier molecular flexibility index (Phi) is 6.15. The number of rotatable bonds is 7. The van der Waals surface area contributed by atoms with Crippen molar-refractivity contribution in [2.24, 2.45) is 5.41 Å². The van der Waals surface area contributed by atoms with Gasteiger partial charge in [0.25, 0.3) is 5.69 Å². The molecule has 0 spiro atoms. The van der Waals surface area contributed by atoms with Crippen LogP contribution in [0.5, 0.6) is 0 Å². The Balaban J connectivity index is 2.65. The Morgan fingerprint density at radius 2 is 1.83 bits per heavy atom. The SMILES string of the molecule is CCC(CC)(CBr)CSc1ccc([N+](=O)[O-])cc1. The normalized spacial score (nSPS) is 11.5. The number of benzene rings is 1. The first-order valence-electron chi connectivity index (χ1n) is 6.00. The summed E-state index contributed by atoms with van der Waals surface area (Å²) >= 11 is 5.36. The van der Waals surface area contributed by atoms with Crippen LogP contribution in [0.25, 0.3) is 0 Å². The predicted octanol–water partition coefficient (Wildman–Crippen LogP) is 4.89. The number of halogens is 1. The molecule has 0 aliphatic rings. The van der Waals surface area contributed by atoms with E-state index in [4.69, 9.17) is 0 Å². The van der Waals surface area contributed by atoms with E-state index in [0.717, 1.165) is 28.8 Å². The van der Waals surface area contributed by atoms with Crippen molar-refractivity contribution in [2.75, 3.05) is 11.1 Å². The molecule has 1 rings (SSSR count). The molecule has 0 amide bonds. The fourth-order valence-electron chi connectivity index (χ4n) is 1.58. The number of nitro benzene ring substituents is 1. The minimum atomic E-state index is -0.366. The number of nitrogens with zero attached hydrogens (tertiary/aromatic N) is 1. The summed E-state index contributed by atoms with van der Waals surface area (Å²) in [5.41, 5.74) is 0.462. The summed E-state index contributed by atoms with van der Waals surface area (Å²) in [6.45, 7) is 4.42. The molecular weight excluding hydrogens is 314 g/mol. The van der Waals surface area contributed by atoms with Crippen molar-refractivity contribution in [1.82, 2.24) is 0 Å². The minimum absolute atomic E-state index is 0.150. The molecule has 0 unspecified atom stereocenters. The van der Waals surface area contributed by atoms with Crippen molar-refractivity contribution < 1.29 is 4.92 Å². The molecule has 100 valence electrons. The number of alkyl halides is 1. The first kappa shape index (κ1) is 15.5. The average Bonchev–Trinajstić information content (AvgIpc) is 2.41. The van der Waals surface area contributed by atoms with Crippen LogP contribution >= 0.6 is 27.7 Å². The van der Waals surface area contributed by atoms with Crippen LogP contribution in [0.2, 0.25) is 0 Å². The third-order valence-electron chi connectivity index (χ3n) is 3.38. The van der Waals surface area contributed by atoms with Crippen LogP contribution in [0.3, 0.4) is 0 Å². The highest BCUT2D eigenvalue weighted by molar-refractivity contribution is 9.09. The maximum atomic E-state index is 10.6. The van der Waals surface area contributed by atoms with E-state index in [2.05, 4.69) is 29.8 Å². The molecule has 0 N–H and O–H groups in total. The second kappa shape index (κ2) is 7.14. The number of nitro groups is 1. The maximum Gasteiger partial charge on any atom is 0.269 e. The van der Waals surface area contributed by atoms with Crippen LogP contribution in [-0.4, -0.2) is 16.0 Å². The van der Waals surface area contributed by atoms with E-state index < -0.39 is 0 Å². The van der Waals surface area contributed by atoms with Crippen LogP contribution < -0.4 is 0 Å². The molecule has 0 saturated heterocycles. The number of non-ortho nitro benzene ring substituents is 1. The topological polar surface area (TPSA) is 43.1 Å². The fraction of sp³-hybridized carbons (Fsp3) is 0.538. The highest BCUT2D eigenvalue weighted by atomic mass is 79.9. The third-order valence-corrected chi connectivity index (χ3v) is 5.93. The summed E-state index contributed by atoms with van der Waals surface area (Å²) in [5.74, 6) is 1.03. The van der Waals surface area contributed by atoms with Gasteiger partial charge >= 0.3 is 0 Å². The van der Waals surface area contributed by atoms with Crippen molar-refractivity contribution in [3.8, 4) is 0 Å².